The van der Waals surface area contributed by atoms with Crippen molar-refractivity contribution in [2.24, 2.45) is 11.8 Å². The molecule has 0 N–H and O–H groups in total. The van der Waals surface area contributed by atoms with Crippen molar-refractivity contribution in [3.63, 3.8) is 0 Å². The molecule has 0 spiro atoms. The molecule has 1 heterocycles. The molecule has 1 nitrogen and oxygen atoms in total. The molecule has 0 bridgehead atoms. The van der Waals surface area contributed by atoms with Crippen LogP contribution in [0.2, 0.25) is 0 Å². The van der Waals surface area contributed by atoms with E-state index in [9.17, 15) is 0 Å². The number of nitrogens with zero attached hydrogens (tertiary/aromatic N) is 1. The van der Waals surface area contributed by atoms with Crippen molar-refractivity contribution >= 4 is 0 Å². The Morgan fingerprint density at radius 3 is 2.33 bits per heavy atom. The molecular weight excluding hydrogens is 109 g/mol. The van der Waals surface area contributed by atoms with Crippen LogP contribution in [0.1, 0.15) is 20.3 Å². The van der Waals surface area contributed by atoms with Crippen LogP contribution in [-0.2, 0) is 0 Å². The van der Waals surface area contributed by atoms with Gasteiger partial charge in [0.1, 0.15) is 0 Å². The summed E-state index contributed by atoms with van der Waals surface area (Å²) in [7, 11) is 2.21. The normalized spacial score (nSPS) is 30.0. The quantitative estimate of drug-likeness (QED) is 0.516. The molecule has 1 rings (SSSR count). The van der Waals surface area contributed by atoms with Crippen molar-refractivity contribution in [1.82, 2.24) is 4.90 Å². The fraction of sp³-hybridized carbons (Fsp3) is 1.00. The second-order valence-corrected chi connectivity index (χ2v) is 3.56. The van der Waals surface area contributed by atoms with Gasteiger partial charge < -0.3 is 4.90 Å². The standard InChI is InChI=1S/C8H17N/c1-7(2)8-4-5-9(3)6-8/h7-8H,4-6H2,1-3H3/i3-1. The third kappa shape index (κ3) is 1.68. The van der Waals surface area contributed by atoms with Crippen LogP contribution < -0.4 is 0 Å². The predicted octanol–water partition coefficient (Wildman–Crippen LogP) is 1.59. The highest BCUT2D eigenvalue weighted by Crippen LogP contribution is 2.21. The Bertz CT molecular complexity index is 88.6. The summed E-state index contributed by atoms with van der Waals surface area (Å²) in [6, 6.07) is 0. The van der Waals surface area contributed by atoms with Crippen LogP contribution in [0.3, 0.4) is 0 Å². The summed E-state index contributed by atoms with van der Waals surface area (Å²) in [4.78, 5) is 2.42. The van der Waals surface area contributed by atoms with Gasteiger partial charge in [0, 0.05) is 6.54 Å². The average molecular weight is 126 g/mol. The van der Waals surface area contributed by atoms with Crippen molar-refractivity contribution in [2.75, 3.05) is 20.1 Å². The van der Waals surface area contributed by atoms with Crippen LogP contribution in [0, 0.1) is 11.8 Å². The van der Waals surface area contributed by atoms with Gasteiger partial charge in [-0.3, -0.25) is 0 Å². The summed E-state index contributed by atoms with van der Waals surface area (Å²) in [6.07, 6.45) is 1.41. The number of hydrogen-bond acceptors (Lipinski definition) is 1. The zero-order valence-electron chi connectivity index (χ0n) is 6.72. The van der Waals surface area contributed by atoms with E-state index in [1.165, 1.54) is 19.5 Å². The molecule has 1 atom stereocenters. The van der Waals surface area contributed by atoms with Crippen LogP contribution in [0.4, 0.5) is 0 Å². The zero-order valence-corrected chi connectivity index (χ0v) is 6.72. The van der Waals surface area contributed by atoms with Crippen molar-refractivity contribution in [1.29, 1.82) is 0 Å². The number of rotatable bonds is 1. The fourth-order valence-electron chi connectivity index (χ4n) is 1.51. The van der Waals surface area contributed by atoms with Gasteiger partial charge in [0.15, 0.2) is 0 Å². The van der Waals surface area contributed by atoms with E-state index in [1.54, 1.807) is 0 Å². The largest absolute Gasteiger partial charge is 0.306 e. The van der Waals surface area contributed by atoms with Crippen molar-refractivity contribution in [3.8, 4) is 0 Å². The highest BCUT2D eigenvalue weighted by molar-refractivity contribution is 4.74. The maximum atomic E-state index is 2.42. The van der Waals surface area contributed by atoms with Crippen molar-refractivity contribution < 1.29 is 0 Å². The molecule has 1 aliphatic heterocycles. The second-order valence-electron chi connectivity index (χ2n) is 3.56. The van der Waals surface area contributed by atoms with Gasteiger partial charge in [0.2, 0.25) is 0 Å². The molecule has 0 aliphatic carbocycles. The summed E-state index contributed by atoms with van der Waals surface area (Å²) in [5.74, 6) is 1.85. The lowest BCUT2D eigenvalue weighted by molar-refractivity contribution is 0.352. The highest BCUT2D eigenvalue weighted by Gasteiger charge is 2.21. The molecule has 1 aliphatic rings. The maximum Gasteiger partial charge on any atom is 0.000953 e. The Morgan fingerprint density at radius 1 is 1.44 bits per heavy atom. The molecule has 9 heavy (non-hydrogen) atoms. The molecule has 1 unspecified atom stereocenters. The average Bonchev–Trinajstić information content (AvgIpc) is 2.14. The minimum absolute atomic E-state index is 0.884. The van der Waals surface area contributed by atoms with Crippen molar-refractivity contribution in [2.45, 2.75) is 20.3 Å². The van der Waals surface area contributed by atoms with Crippen LogP contribution in [0.25, 0.3) is 0 Å². The van der Waals surface area contributed by atoms with Crippen LogP contribution in [-0.4, -0.2) is 25.0 Å². The lowest BCUT2D eigenvalue weighted by Crippen LogP contribution is -2.16. The first-order valence-corrected chi connectivity index (χ1v) is 3.88. The topological polar surface area (TPSA) is 3.24 Å². The molecular formula is C8H17N. The molecule has 0 aromatic carbocycles. The first-order valence-electron chi connectivity index (χ1n) is 3.88. The van der Waals surface area contributed by atoms with Gasteiger partial charge in [-0.15, -0.1) is 0 Å². The van der Waals surface area contributed by atoms with Gasteiger partial charge >= 0.3 is 0 Å². The molecule has 1 fully saturated rings. The van der Waals surface area contributed by atoms with Gasteiger partial charge in [-0.25, -0.2) is 0 Å². The molecule has 1 heteroatoms. The third-order valence-corrected chi connectivity index (χ3v) is 2.37. The molecule has 1 saturated heterocycles. The van der Waals surface area contributed by atoms with E-state index in [0.717, 1.165) is 11.8 Å². The number of hydrogen-bond donors (Lipinski definition) is 0. The third-order valence-electron chi connectivity index (χ3n) is 2.37. The van der Waals surface area contributed by atoms with Gasteiger partial charge in [-0.05, 0) is 31.8 Å². The Labute approximate surface area is 58.0 Å². The summed E-state index contributed by atoms with van der Waals surface area (Å²) in [5.41, 5.74) is 0. The Kier molecular flexibility index (Phi) is 2.12. The van der Waals surface area contributed by atoms with E-state index < -0.39 is 0 Å². The van der Waals surface area contributed by atoms with E-state index in [2.05, 4.69) is 25.8 Å². The summed E-state index contributed by atoms with van der Waals surface area (Å²) in [6.45, 7) is 7.27. The Morgan fingerprint density at radius 2 is 2.11 bits per heavy atom. The first-order chi connectivity index (χ1) is 4.20. The van der Waals surface area contributed by atoms with Gasteiger partial charge in [-0.1, -0.05) is 13.8 Å². The summed E-state index contributed by atoms with van der Waals surface area (Å²) >= 11 is 0. The smallest absolute Gasteiger partial charge is 0.000953 e. The van der Waals surface area contributed by atoms with E-state index in [1.807, 2.05) is 0 Å². The maximum absolute atomic E-state index is 2.42. The second kappa shape index (κ2) is 2.70. The van der Waals surface area contributed by atoms with Gasteiger partial charge in [-0.2, -0.15) is 0 Å². The van der Waals surface area contributed by atoms with E-state index in [-0.39, 0.29) is 0 Å². The van der Waals surface area contributed by atoms with E-state index in [0.29, 0.717) is 0 Å². The van der Waals surface area contributed by atoms with Crippen LogP contribution in [0.15, 0.2) is 0 Å². The lowest BCUT2D eigenvalue weighted by Gasteiger charge is -2.13. The monoisotopic (exact) mass is 126 g/mol. The van der Waals surface area contributed by atoms with Crippen LogP contribution in [0.5, 0.6) is 0 Å². The van der Waals surface area contributed by atoms with Crippen molar-refractivity contribution in [3.05, 3.63) is 0 Å². The lowest BCUT2D eigenvalue weighted by atomic mass is 9.95. The Balaban J connectivity index is 2.30. The molecule has 0 radical (unpaired) electrons. The first kappa shape index (κ1) is 7.07. The number of likely N-dealkylation sites (tertiary alicyclic amines) is 1. The van der Waals surface area contributed by atoms with E-state index in [4.69, 9.17) is 0 Å². The highest BCUT2D eigenvalue weighted by atomic mass is 15.1. The summed E-state index contributed by atoms with van der Waals surface area (Å²) < 4.78 is 0. The van der Waals surface area contributed by atoms with Gasteiger partial charge in [0.25, 0.3) is 0 Å². The van der Waals surface area contributed by atoms with Gasteiger partial charge in [0.05, 0.1) is 0 Å². The molecule has 0 amide bonds. The molecule has 54 valence electrons. The predicted molar refractivity (Wildman–Crippen MR) is 40.4 cm³/mol. The minimum atomic E-state index is 0.884. The molecule has 0 saturated carbocycles. The minimum Gasteiger partial charge on any atom is -0.306 e. The SMILES string of the molecule is CC(C)C1CCN([11CH3])C1. The van der Waals surface area contributed by atoms with E-state index >= 15 is 0 Å². The molecule has 0 aromatic heterocycles. The summed E-state index contributed by atoms with van der Waals surface area (Å²) in [5, 5.41) is 0. The fourth-order valence-corrected chi connectivity index (χ4v) is 1.51. The molecule has 0 aromatic rings. The van der Waals surface area contributed by atoms with Crippen LogP contribution >= 0.6 is 0 Å². The zero-order chi connectivity index (χ0) is 6.85. The Hall–Kier alpha value is -0.0400.